The number of carbonyl (C=O) groups is 2. The molecule has 1 aromatic heterocycles. The number of nitrogens with zero attached hydrogens (tertiary/aromatic N) is 1. The molecule has 23 heavy (non-hydrogen) atoms. The summed E-state index contributed by atoms with van der Waals surface area (Å²) in [5.41, 5.74) is 0.957. The number of carboxylic acid groups (broad SMARTS) is 1. The molecule has 0 atom stereocenters. The van der Waals surface area contributed by atoms with E-state index in [0.717, 1.165) is 11.3 Å². The third kappa shape index (κ3) is 5.37. The Bertz CT molecular complexity index is 667. The number of aromatic carboxylic acids is 1. The summed E-state index contributed by atoms with van der Waals surface area (Å²) >= 11 is 1.28. The van der Waals surface area contributed by atoms with Gasteiger partial charge < -0.3 is 15.2 Å². The Balaban J connectivity index is 1.75. The topological polar surface area (TPSA) is 88.5 Å². The number of rotatable bonds is 8. The lowest BCUT2D eigenvalue weighted by Gasteiger charge is -2.06. The molecular formula is C16H18N2O4S. The first-order valence-corrected chi connectivity index (χ1v) is 8.12. The Hall–Kier alpha value is -2.41. The first-order valence-electron chi connectivity index (χ1n) is 7.24. The van der Waals surface area contributed by atoms with Gasteiger partial charge in [-0.05, 0) is 24.6 Å². The van der Waals surface area contributed by atoms with Gasteiger partial charge in [0.05, 0.1) is 18.0 Å². The summed E-state index contributed by atoms with van der Waals surface area (Å²) in [6.45, 7) is 2.96. The van der Waals surface area contributed by atoms with Gasteiger partial charge in [0, 0.05) is 18.3 Å². The summed E-state index contributed by atoms with van der Waals surface area (Å²) in [6, 6.07) is 7.42. The number of benzene rings is 1. The van der Waals surface area contributed by atoms with E-state index in [1.54, 1.807) is 0 Å². The van der Waals surface area contributed by atoms with Gasteiger partial charge in [-0.2, -0.15) is 0 Å². The lowest BCUT2D eigenvalue weighted by molar-refractivity contribution is -0.120. The van der Waals surface area contributed by atoms with Crippen molar-refractivity contribution in [3.63, 3.8) is 0 Å². The number of amides is 1. The van der Waals surface area contributed by atoms with Crippen molar-refractivity contribution in [1.29, 1.82) is 0 Å². The molecule has 0 spiro atoms. The number of nitrogens with one attached hydrogen (secondary N) is 1. The van der Waals surface area contributed by atoms with Crippen LogP contribution < -0.4 is 10.1 Å². The van der Waals surface area contributed by atoms with Gasteiger partial charge in [-0.1, -0.05) is 12.1 Å². The highest BCUT2D eigenvalue weighted by Gasteiger charge is 2.09. The quantitative estimate of drug-likeness (QED) is 0.772. The fraction of sp³-hybridized carbons (Fsp3) is 0.312. The molecule has 0 bridgehead atoms. The van der Waals surface area contributed by atoms with Crippen LogP contribution in [0, 0.1) is 0 Å². The molecule has 2 N–H and O–H groups in total. The number of carbonyl (C=O) groups excluding carboxylic acids is 1. The van der Waals surface area contributed by atoms with Crippen LogP contribution in [0.3, 0.4) is 0 Å². The molecule has 6 nitrogen and oxygen atoms in total. The van der Waals surface area contributed by atoms with Crippen LogP contribution in [0.2, 0.25) is 0 Å². The maximum Gasteiger partial charge on any atom is 0.355 e. The number of carboxylic acids is 1. The predicted molar refractivity (Wildman–Crippen MR) is 87.1 cm³/mol. The molecule has 0 saturated carbocycles. The van der Waals surface area contributed by atoms with E-state index in [2.05, 4.69) is 10.3 Å². The highest BCUT2D eigenvalue weighted by Crippen LogP contribution is 2.12. The second-order valence-electron chi connectivity index (χ2n) is 4.79. The number of thiazole rings is 1. The van der Waals surface area contributed by atoms with E-state index >= 15 is 0 Å². The largest absolute Gasteiger partial charge is 0.494 e. The Morgan fingerprint density at radius 3 is 2.65 bits per heavy atom. The monoisotopic (exact) mass is 334 g/mol. The molecule has 7 heteroatoms. The highest BCUT2D eigenvalue weighted by molar-refractivity contribution is 7.09. The molecule has 0 aliphatic heterocycles. The SMILES string of the molecule is CCOc1ccc(CC(=O)NCCc2nc(C(=O)O)cs2)cc1. The molecule has 122 valence electrons. The number of ether oxygens (including phenoxy) is 1. The second-order valence-corrected chi connectivity index (χ2v) is 5.73. The molecule has 2 rings (SSSR count). The zero-order chi connectivity index (χ0) is 16.7. The van der Waals surface area contributed by atoms with E-state index in [4.69, 9.17) is 9.84 Å². The molecule has 2 aromatic rings. The van der Waals surface area contributed by atoms with Gasteiger partial charge in [0.1, 0.15) is 5.75 Å². The van der Waals surface area contributed by atoms with Gasteiger partial charge >= 0.3 is 5.97 Å². The Morgan fingerprint density at radius 2 is 2.04 bits per heavy atom. The van der Waals surface area contributed by atoms with E-state index < -0.39 is 5.97 Å². The minimum absolute atomic E-state index is 0.0470. The summed E-state index contributed by atoms with van der Waals surface area (Å²) in [7, 11) is 0. The summed E-state index contributed by atoms with van der Waals surface area (Å²) in [4.78, 5) is 26.6. The lowest BCUT2D eigenvalue weighted by Crippen LogP contribution is -2.27. The van der Waals surface area contributed by atoms with Crippen LogP contribution >= 0.6 is 11.3 Å². The van der Waals surface area contributed by atoms with Gasteiger partial charge in [-0.25, -0.2) is 9.78 Å². The molecule has 0 saturated heterocycles. The third-order valence-corrected chi connectivity index (χ3v) is 3.94. The summed E-state index contributed by atoms with van der Waals surface area (Å²) in [6.07, 6.45) is 0.817. The minimum Gasteiger partial charge on any atom is -0.494 e. The lowest BCUT2D eigenvalue weighted by atomic mass is 10.1. The molecule has 1 amide bonds. The third-order valence-electron chi connectivity index (χ3n) is 3.03. The molecular weight excluding hydrogens is 316 g/mol. The molecule has 0 aliphatic carbocycles. The molecule has 0 aliphatic rings. The van der Waals surface area contributed by atoms with Crippen LogP contribution in [-0.4, -0.2) is 35.1 Å². The van der Waals surface area contributed by atoms with E-state index in [1.807, 2.05) is 31.2 Å². The van der Waals surface area contributed by atoms with Crippen LogP contribution in [0.25, 0.3) is 0 Å². The van der Waals surface area contributed by atoms with Gasteiger partial charge in [-0.3, -0.25) is 4.79 Å². The van der Waals surface area contributed by atoms with Crippen molar-refractivity contribution in [2.45, 2.75) is 19.8 Å². The predicted octanol–water partition coefficient (Wildman–Crippen LogP) is 2.14. The van der Waals surface area contributed by atoms with Crippen molar-refractivity contribution in [3.05, 3.63) is 45.9 Å². The summed E-state index contributed by atoms with van der Waals surface area (Å²) in [5, 5.41) is 13.8. The van der Waals surface area contributed by atoms with Crippen molar-refractivity contribution >= 4 is 23.2 Å². The van der Waals surface area contributed by atoms with Gasteiger partial charge in [0.2, 0.25) is 5.91 Å². The van der Waals surface area contributed by atoms with Crippen LogP contribution in [0.15, 0.2) is 29.6 Å². The van der Waals surface area contributed by atoms with Gasteiger partial charge in [0.25, 0.3) is 0 Å². The first kappa shape index (κ1) is 17.0. The van der Waals surface area contributed by atoms with Crippen molar-refractivity contribution < 1.29 is 19.4 Å². The Kier molecular flexibility index (Phi) is 6.10. The number of hydrogen-bond donors (Lipinski definition) is 2. The van der Waals surface area contributed by atoms with E-state index in [0.29, 0.717) is 31.0 Å². The molecule has 0 radical (unpaired) electrons. The Labute approximate surface area is 138 Å². The van der Waals surface area contributed by atoms with Crippen molar-refractivity contribution in [1.82, 2.24) is 10.3 Å². The zero-order valence-corrected chi connectivity index (χ0v) is 13.6. The Morgan fingerprint density at radius 1 is 1.30 bits per heavy atom. The molecule has 0 unspecified atom stereocenters. The van der Waals surface area contributed by atoms with Crippen LogP contribution in [0.4, 0.5) is 0 Å². The number of aromatic nitrogens is 1. The van der Waals surface area contributed by atoms with Crippen LogP contribution in [0.5, 0.6) is 5.75 Å². The summed E-state index contributed by atoms with van der Waals surface area (Å²) < 4.78 is 5.35. The average molecular weight is 334 g/mol. The fourth-order valence-electron chi connectivity index (χ4n) is 1.95. The van der Waals surface area contributed by atoms with Crippen molar-refractivity contribution in [2.75, 3.05) is 13.2 Å². The van der Waals surface area contributed by atoms with Crippen molar-refractivity contribution in [3.8, 4) is 5.75 Å². The first-order chi connectivity index (χ1) is 11.1. The zero-order valence-electron chi connectivity index (χ0n) is 12.7. The second kappa shape index (κ2) is 8.28. The van der Waals surface area contributed by atoms with Crippen molar-refractivity contribution in [2.24, 2.45) is 0 Å². The smallest absolute Gasteiger partial charge is 0.355 e. The van der Waals surface area contributed by atoms with E-state index in [9.17, 15) is 9.59 Å². The molecule has 1 heterocycles. The van der Waals surface area contributed by atoms with Gasteiger partial charge in [-0.15, -0.1) is 11.3 Å². The van der Waals surface area contributed by atoms with E-state index in [-0.39, 0.29) is 11.6 Å². The van der Waals surface area contributed by atoms with Crippen LogP contribution in [-0.2, 0) is 17.6 Å². The maximum absolute atomic E-state index is 11.9. The van der Waals surface area contributed by atoms with Crippen LogP contribution in [0.1, 0.15) is 28.0 Å². The average Bonchev–Trinajstić information content (AvgIpc) is 2.99. The normalized spacial score (nSPS) is 10.3. The molecule has 0 fully saturated rings. The highest BCUT2D eigenvalue weighted by atomic mass is 32.1. The van der Waals surface area contributed by atoms with E-state index in [1.165, 1.54) is 16.7 Å². The standard InChI is InChI=1S/C16H18N2O4S/c1-2-22-12-5-3-11(4-6-12)9-14(19)17-8-7-15-18-13(10-23-15)16(20)21/h3-6,10H,2,7-9H2,1H3,(H,17,19)(H,20,21). The minimum atomic E-state index is -1.04. The maximum atomic E-state index is 11.9. The molecule has 1 aromatic carbocycles. The summed E-state index contributed by atoms with van der Waals surface area (Å²) in [5.74, 6) is -0.328. The van der Waals surface area contributed by atoms with Gasteiger partial charge in [0.15, 0.2) is 5.69 Å². The fourth-order valence-corrected chi connectivity index (χ4v) is 2.72. The number of hydrogen-bond acceptors (Lipinski definition) is 5.